The summed E-state index contributed by atoms with van der Waals surface area (Å²) in [7, 11) is 0. The number of phenols is 1. The summed E-state index contributed by atoms with van der Waals surface area (Å²) in [5.41, 5.74) is 3.02. The topological polar surface area (TPSA) is 41.3 Å². The molecule has 0 radical (unpaired) electrons. The number of phenolic OH excluding ortho intramolecular Hbond substituents is 1. The first-order valence-electron chi connectivity index (χ1n) is 7.58. The summed E-state index contributed by atoms with van der Waals surface area (Å²) in [4.78, 5) is 2.98. The lowest BCUT2D eigenvalue weighted by atomic mass is 9.97. The molecule has 2 aliphatic heterocycles. The fourth-order valence-electron chi connectivity index (χ4n) is 3.55. The van der Waals surface area contributed by atoms with Gasteiger partial charge in [-0.1, -0.05) is 35.4 Å². The van der Waals surface area contributed by atoms with Gasteiger partial charge in [0.05, 0.1) is 32.6 Å². The van der Waals surface area contributed by atoms with E-state index in [0.29, 0.717) is 28.6 Å². The zero-order valence-corrected chi connectivity index (χ0v) is 14.6. The van der Waals surface area contributed by atoms with Crippen LogP contribution in [-0.2, 0) is 13.0 Å². The number of aromatic hydroxyl groups is 1. The molecule has 1 unspecified atom stereocenters. The predicted octanol–water partition coefficient (Wildman–Crippen LogP) is 4.16. The largest absolute Gasteiger partial charge is 0.508 e. The van der Waals surface area contributed by atoms with E-state index in [1.807, 2.05) is 6.20 Å². The Hall–Kier alpha value is -1.30. The van der Waals surface area contributed by atoms with Crippen molar-refractivity contribution in [2.24, 2.45) is 0 Å². The monoisotopic (exact) mass is 367 g/mol. The number of halogens is 2. The smallest absolute Gasteiger partial charge is 0.120 e. The van der Waals surface area contributed by atoms with Gasteiger partial charge in [0.1, 0.15) is 5.75 Å². The van der Waals surface area contributed by atoms with Gasteiger partial charge in [0.15, 0.2) is 0 Å². The lowest BCUT2D eigenvalue weighted by Crippen LogP contribution is -2.23. The minimum absolute atomic E-state index is 0.0330. The predicted molar refractivity (Wildman–Crippen MR) is 96.0 cm³/mol. The van der Waals surface area contributed by atoms with Gasteiger partial charge in [0, 0.05) is 31.0 Å². The Morgan fingerprint density at radius 2 is 2.13 bits per heavy atom. The first-order valence-corrected chi connectivity index (χ1v) is 8.74. The van der Waals surface area contributed by atoms with Crippen LogP contribution in [0.15, 0.2) is 18.3 Å². The van der Waals surface area contributed by atoms with E-state index in [-0.39, 0.29) is 11.7 Å². The summed E-state index contributed by atoms with van der Waals surface area (Å²) in [6.07, 6.45) is 4.72. The number of rotatable bonds is 2. The number of hydrogen-bond donors (Lipinski definition) is 1. The SMILES string of the molecule is Oc1ccc(Cl)c(Cl)c1C1CC(=S)N(c2cnn3c2CCC3)C1. The maximum Gasteiger partial charge on any atom is 0.120 e. The van der Waals surface area contributed by atoms with Crippen LogP contribution in [0.25, 0.3) is 0 Å². The molecule has 23 heavy (non-hydrogen) atoms. The van der Waals surface area contributed by atoms with Crippen LogP contribution < -0.4 is 4.90 Å². The summed E-state index contributed by atoms with van der Waals surface area (Å²) in [5, 5.41) is 15.5. The molecule has 0 spiro atoms. The van der Waals surface area contributed by atoms with Crippen molar-refractivity contribution in [3.05, 3.63) is 39.6 Å². The average Bonchev–Trinajstić information content (AvgIpc) is 3.19. The molecule has 2 aliphatic rings. The highest BCUT2D eigenvalue weighted by Gasteiger charge is 2.34. The van der Waals surface area contributed by atoms with Crippen molar-refractivity contribution in [2.75, 3.05) is 11.4 Å². The van der Waals surface area contributed by atoms with Gasteiger partial charge in [-0.15, -0.1) is 0 Å². The third-order valence-electron chi connectivity index (χ3n) is 4.64. The van der Waals surface area contributed by atoms with Crippen molar-refractivity contribution in [1.29, 1.82) is 0 Å². The van der Waals surface area contributed by atoms with Crippen molar-refractivity contribution in [3.8, 4) is 5.75 Å². The van der Waals surface area contributed by atoms with Crippen LogP contribution in [0, 0.1) is 0 Å². The minimum atomic E-state index is 0.0330. The highest BCUT2D eigenvalue weighted by atomic mass is 35.5. The molecule has 4 rings (SSSR count). The summed E-state index contributed by atoms with van der Waals surface area (Å²) >= 11 is 18.0. The fourth-order valence-corrected chi connectivity index (χ4v) is 4.40. The summed E-state index contributed by atoms with van der Waals surface area (Å²) in [5.74, 6) is 0.208. The Kier molecular flexibility index (Phi) is 3.75. The molecule has 1 aromatic carbocycles. The Morgan fingerprint density at radius 1 is 1.30 bits per heavy atom. The number of nitrogens with zero attached hydrogens (tertiary/aromatic N) is 3. The third kappa shape index (κ3) is 2.42. The molecule has 1 N–H and O–H groups in total. The van der Waals surface area contributed by atoms with E-state index in [9.17, 15) is 5.11 Å². The standard InChI is InChI=1S/C16H15Cl2N3OS/c17-10-3-4-13(22)15(16(10)18)9-6-14(23)20(8-9)12-7-19-21-5-1-2-11(12)21/h3-4,7,9,22H,1-2,5-6,8H2. The maximum absolute atomic E-state index is 10.2. The van der Waals surface area contributed by atoms with Crippen LogP contribution in [0.1, 0.15) is 30.0 Å². The molecule has 4 nitrogen and oxygen atoms in total. The highest BCUT2D eigenvalue weighted by molar-refractivity contribution is 7.80. The average molecular weight is 368 g/mol. The van der Waals surface area contributed by atoms with Gasteiger partial charge < -0.3 is 10.0 Å². The Labute approximate surface area is 149 Å². The first kappa shape index (κ1) is 15.2. The molecule has 0 bridgehead atoms. The van der Waals surface area contributed by atoms with Gasteiger partial charge in [-0.3, -0.25) is 4.68 Å². The second-order valence-electron chi connectivity index (χ2n) is 6.00. The maximum atomic E-state index is 10.2. The minimum Gasteiger partial charge on any atom is -0.508 e. The van der Waals surface area contributed by atoms with Crippen LogP contribution in [0.3, 0.4) is 0 Å². The number of aryl methyl sites for hydroxylation is 1. The molecule has 2 aromatic rings. The zero-order valence-electron chi connectivity index (χ0n) is 12.3. The van der Waals surface area contributed by atoms with Crippen LogP contribution in [0.5, 0.6) is 5.75 Å². The number of hydrogen-bond acceptors (Lipinski definition) is 3. The van der Waals surface area contributed by atoms with Crippen molar-refractivity contribution >= 4 is 46.1 Å². The summed E-state index contributed by atoms with van der Waals surface area (Å²) in [6.45, 7) is 1.66. The van der Waals surface area contributed by atoms with E-state index < -0.39 is 0 Å². The first-order chi connectivity index (χ1) is 11.1. The lowest BCUT2D eigenvalue weighted by molar-refractivity contribution is 0.463. The second-order valence-corrected chi connectivity index (χ2v) is 7.26. The Morgan fingerprint density at radius 3 is 2.96 bits per heavy atom. The Bertz CT molecular complexity index is 805. The molecule has 1 aromatic heterocycles. The number of thiocarbonyl (C=S) groups is 1. The van der Waals surface area contributed by atoms with Crippen LogP contribution in [-0.4, -0.2) is 26.4 Å². The van der Waals surface area contributed by atoms with Gasteiger partial charge in [-0.2, -0.15) is 5.10 Å². The van der Waals surface area contributed by atoms with Gasteiger partial charge in [-0.25, -0.2) is 0 Å². The molecule has 0 saturated carbocycles. The lowest BCUT2D eigenvalue weighted by Gasteiger charge is -2.19. The van der Waals surface area contributed by atoms with Crippen LogP contribution in [0.2, 0.25) is 10.0 Å². The molecule has 0 aliphatic carbocycles. The molecule has 1 saturated heterocycles. The van der Waals surface area contributed by atoms with Gasteiger partial charge in [0.25, 0.3) is 0 Å². The molecule has 120 valence electrons. The van der Waals surface area contributed by atoms with Crippen molar-refractivity contribution in [2.45, 2.75) is 31.7 Å². The van der Waals surface area contributed by atoms with E-state index >= 15 is 0 Å². The van der Waals surface area contributed by atoms with Crippen LogP contribution in [0.4, 0.5) is 5.69 Å². The summed E-state index contributed by atoms with van der Waals surface area (Å²) in [6, 6.07) is 3.20. The quantitative estimate of drug-likeness (QED) is 0.809. The Balaban J connectivity index is 1.68. The third-order valence-corrected chi connectivity index (χ3v) is 5.85. The van der Waals surface area contributed by atoms with Gasteiger partial charge in [0.2, 0.25) is 0 Å². The molecule has 1 fully saturated rings. The number of benzene rings is 1. The van der Waals surface area contributed by atoms with Crippen molar-refractivity contribution in [3.63, 3.8) is 0 Å². The molecule has 3 heterocycles. The molecule has 0 amide bonds. The van der Waals surface area contributed by atoms with E-state index in [0.717, 1.165) is 30.1 Å². The second kappa shape index (κ2) is 5.65. The van der Waals surface area contributed by atoms with E-state index in [1.165, 1.54) is 5.69 Å². The number of fused-ring (bicyclic) bond motifs is 1. The molecule has 1 atom stereocenters. The zero-order chi connectivity index (χ0) is 16.1. The molecule has 7 heteroatoms. The van der Waals surface area contributed by atoms with Crippen molar-refractivity contribution < 1.29 is 5.11 Å². The molecular formula is C16H15Cl2N3OS. The van der Waals surface area contributed by atoms with Gasteiger partial charge in [-0.05, 0) is 25.0 Å². The van der Waals surface area contributed by atoms with E-state index in [2.05, 4.69) is 14.7 Å². The fraction of sp³-hybridized carbons (Fsp3) is 0.375. The van der Waals surface area contributed by atoms with Crippen LogP contribution >= 0.6 is 35.4 Å². The number of aromatic nitrogens is 2. The molecular weight excluding hydrogens is 353 g/mol. The van der Waals surface area contributed by atoms with E-state index in [4.69, 9.17) is 35.4 Å². The van der Waals surface area contributed by atoms with Crippen molar-refractivity contribution in [1.82, 2.24) is 9.78 Å². The number of anilines is 1. The van der Waals surface area contributed by atoms with Gasteiger partial charge >= 0.3 is 0 Å². The highest BCUT2D eigenvalue weighted by Crippen LogP contribution is 2.43. The normalized spacial score (nSPS) is 20.3. The van der Waals surface area contributed by atoms with E-state index in [1.54, 1.807) is 12.1 Å². The summed E-state index contributed by atoms with van der Waals surface area (Å²) < 4.78 is 2.05.